The van der Waals surface area contributed by atoms with Gasteiger partial charge in [0, 0.05) is 11.1 Å². The molecule has 0 saturated heterocycles. The van der Waals surface area contributed by atoms with E-state index in [2.05, 4.69) is 5.32 Å². The van der Waals surface area contributed by atoms with Crippen LogP contribution < -0.4 is 15.8 Å². The number of nitrogen functional groups attached to an aromatic ring is 1. The van der Waals surface area contributed by atoms with Crippen LogP contribution in [0.2, 0.25) is 5.02 Å². The molecule has 0 atom stereocenters. The fourth-order valence-electron chi connectivity index (χ4n) is 1.55. The van der Waals surface area contributed by atoms with Gasteiger partial charge >= 0.3 is 0 Å². The minimum atomic E-state index is -0.364. The molecule has 5 heteroatoms. The van der Waals surface area contributed by atoms with Crippen molar-refractivity contribution in [2.45, 2.75) is 0 Å². The molecule has 0 fully saturated rings. The van der Waals surface area contributed by atoms with Crippen LogP contribution in [0.1, 0.15) is 0 Å². The van der Waals surface area contributed by atoms with Crippen molar-refractivity contribution in [3.05, 3.63) is 47.2 Å². The van der Waals surface area contributed by atoms with E-state index in [1.807, 2.05) is 0 Å². The van der Waals surface area contributed by atoms with Crippen molar-refractivity contribution in [3.63, 3.8) is 0 Å². The number of hydrogen-bond donors (Lipinski definition) is 2. The van der Waals surface area contributed by atoms with Crippen molar-refractivity contribution in [3.8, 4) is 5.75 Å². The van der Waals surface area contributed by atoms with Crippen molar-refractivity contribution in [1.82, 2.24) is 0 Å². The molecule has 0 aliphatic heterocycles. The summed E-state index contributed by atoms with van der Waals surface area (Å²) in [5.41, 5.74) is 7.63. The Kier molecular flexibility index (Phi) is 3.58. The van der Waals surface area contributed by atoms with E-state index >= 15 is 0 Å². The summed E-state index contributed by atoms with van der Waals surface area (Å²) >= 11 is 5.90. The average Bonchev–Trinajstić information content (AvgIpc) is 2.36. The molecule has 0 spiro atoms. The van der Waals surface area contributed by atoms with Gasteiger partial charge in [0.15, 0.2) is 0 Å². The summed E-state index contributed by atoms with van der Waals surface area (Å²) in [4.78, 5) is 0. The minimum Gasteiger partial charge on any atom is -0.494 e. The molecule has 0 unspecified atom stereocenters. The molecule has 18 heavy (non-hydrogen) atoms. The van der Waals surface area contributed by atoms with Crippen molar-refractivity contribution in [2.24, 2.45) is 0 Å². The predicted molar refractivity (Wildman–Crippen MR) is 72.1 cm³/mol. The van der Waals surface area contributed by atoms with Crippen molar-refractivity contribution in [1.29, 1.82) is 0 Å². The molecule has 0 amide bonds. The second-order valence-electron chi connectivity index (χ2n) is 3.70. The topological polar surface area (TPSA) is 47.3 Å². The number of anilines is 3. The third kappa shape index (κ3) is 2.65. The molecule has 3 N–H and O–H groups in total. The van der Waals surface area contributed by atoms with Crippen molar-refractivity contribution in [2.75, 3.05) is 18.2 Å². The Morgan fingerprint density at radius 3 is 2.67 bits per heavy atom. The molecule has 2 aromatic carbocycles. The molecule has 0 radical (unpaired) electrons. The van der Waals surface area contributed by atoms with Crippen LogP contribution in [-0.4, -0.2) is 7.11 Å². The van der Waals surface area contributed by atoms with Gasteiger partial charge in [-0.1, -0.05) is 11.6 Å². The summed E-state index contributed by atoms with van der Waals surface area (Å²) in [6.07, 6.45) is 0. The van der Waals surface area contributed by atoms with Gasteiger partial charge in [-0.15, -0.1) is 0 Å². The van der Waals surface area contributed by atoms with E-state index in [1.54, 1.807) is 24.3 Å². The normalized spacial score (nSPS) is 10.2. The number of hydrogen-bond acceptors (Lipinski definition) is 3. The van der Waals surface area contributed by atoms with E-state index in [0.29, 0.717) is 27.8 Å². The zero-order chi connectivity index (χ0) is 13.1. The van der Waals surface area contributed by atoms with Crippen molar-refractivity contribution < 1.29 is 9.13 Å². The van der Waals surface area contributed by atoms with E-state index in [9.17, 15) is 4.39 Å². The van der Waals surface area contributed by atoms with Gasteiger partial charge in [0.2, 0.25) is 0 Å². The number of nitrogens with one attached hydrogen (secondary N) is 1. The molecular weight excluding hydrogens is 255 g/mol. The van der Waals surface area contributed by atoms with Gasteiger partial charge in [0.25, 0.3) is 0 Å². The maximum Gasteiger partial charge on any atom is 0.145 e. The monoisotopic (exact) mass is 266 g/mol. The summed E-state index contributed by atoms with van der Waals surface area (Å²) in [5, 5.41) is 3.62. The maximum absolute atomic E-state index is 13.1. The Hall–Kier alpha value is -1.94. The van der Waals surface area contributed by atoms with E-state index in [-0.39, 0.29) is 5.82 Å². The molecule has 2 rings (SSSR count). The Morgan fingerprint density at radius 2 is 1.94 bits per heavy atom. The molecular formula is C13H12ClFN2O. The fraction of sp³-hybridized carbons (Fsp3) is 0.0769. The number of halogens is 2. The number of methoxy groups -OCH3 is 1. The summed E-state index contributed by atoms with van der Waals surface area (Å²) in [6.45, 7) is 0. The summed E-state index contributed by atoms with van der Waals surface area (Å²) in [5.74, 6) is 0.0332. The lowest BCUT2D eigenvalue weighted by atomic mass is 10.2. The van der Waals surface area contributed by atoms with Crippen LogP contribution in [0, 0.1) is 5.82 Å². The first-order chi connectivity index (χ1) is 8.60. The largest absolute Gasteiger partial charge is 0.494 e. The van der Waals surface area contributed by atoms with Crippen molar-refractivity contribution >= 4 is 28.7 Å². The lowest BCUT2D eigenvalue weighted by Crippen LogP contribution is -1.98. The summed E-state index contributed by atoms with van der Waals surface area (Å²) in [6, 6.07) is 9.30. The van der Waals surface area contributed by atoms with Gasteiger partial charge in [0.1, 0.15) is 11.6 Å². The standard InChI is InChI=1S/C13H12ClFN2O/c1-18-13-7-9(15)3-5-11(13)17-12-6-8(14)2-4-10(12)16/h2-7,17H,16H2,1H3. The first-order valence-electron chi connectivity index (χ1n) is 5.26. The highest BCUT2D eigenvalue weighted by Crippen LogP contribution is 2.32. The SMILES string of the molecule is COc1cc(F)ccc1Nc1cc(Cl)ccc1N. The second kappa shape index (κ2) is 5.14. The van der Waals surface area contributed by atoms with E-state index in [4.69, 9.17) is 22.1 Å². The first kappa shape index (κ1) is 12.5. The Morgan fingerprint density at radius 1 is 1.17 bits per heavy atom. The van der Waals surface area contributed by atoms with Gasteiger partial charge in [0.05, 0.1) is 24.2 Å². The number of ether oxygens (including phenoxy) is 1. The number of rotatable bonds is 3. The lowest BCUT2D eigenvalue weighted by molar-refractivity contribution is 0.413. The van der Waals surface area contributed by atoms with Crippen LogP contribution in [0.15, 0.2) is 36.4 Å². The Balaban J connectivity index is 2.36. The van der Waals surface area contributed by atoms with Crippen LogP contribution in [-0.2, 0) is 0 Å². The van der Waals surface area contributed by atoms with Gasteiger partial charge in [-0.3, -0.25) is 0 Å². The fourth-order valence-corrected chi connectivity index (χ4v) is 1.72. The lowest BCUT2D eigenvalue weighted by Gasteiger charge is -2.13. The molecule has 0 bridgehead atoms. The summed E-state index contributed by atoms with van der Waals surface area (Å²) in [7, 11) is 1.47. The van der Waals surface area contributed by atoms with Gasteiger partial charge < -0.3 is 15.8 Å². The molecule has 94 valence electrons. The predicted octanol–water partition coefficient (Wildman–Crippen LogP) is 3.81. The van der Waals surface area contributed by atoms with Gasteiger partial charge in [-0.2, -0.15) is 0 Å². The maximum atomic E-state index is 13.1. The van der Waals surface area contributed by atoms with Gasteiger partial charge in [-0.25, -0.2) is 4.39 Å². The van der Waals surface area contributed by atoms with E-state index < -0.39 is 0 Å². The quantitative estimate of drug-likeness (QED) is 0.831. The van der Waals surface area contributed by atoms with E-state index in [1.165, 1.54) is 19.2 Å². The molecule has 0 aromatic heterocycles. The van der Waals surface area contributed by atoms with Crippen LogP contribution in [0.5, 0.6) is 5.75 Å². The molecule has 0 saturated carbocycles. The third-order valence-electron chi connectivity index (χ3n) is 2.45. The molecule has 0 aliphatic rings. The Labute approximate surface area is 109 Å². The van der Waals surface area contributed by atoms with Crippen LogP contribution in [0.3, 0.4) is 0 Å². The van der Waals surface area contributed by atoms with Gasteiger partial charge in [-0.05, 0) is 30.3 Å². The smallest absolute Gasteiger partial charge is 0.145 e. The zero-order valence-electron chi connectivity index (χ0n) is 9.71. The van der Waals surface area contributed by atoms with Crippen LogP contribution in [0.4, 0.5) is 21.5 Å². The summed E-state index contributed by atoms with van der Waals surface area (Å²) < 4.78 is 18.2. The highest BCUT2D eigenvalue weighted by Gasteiger charge is 2.07. The Bertz CT molecular complexity index is 575. The minimum absolute atomic E-state index is 0.364. The molecule has 0 aliphatic carbocycles. The molecule has 3 nitrogen and oxygen atoms in total. The highest BCUT2D eigenvalue weighted by molar-refractivity contribution is 6.31. The van der Waals surface area contributed by atoms with E-state index in [0.717, 1.165) is 0 Å². The highest BCUT2D eigenvalue weighted by atomic mass is 35.5. The van der Waals surface area contributed by atoms with Crippen LogP contribution in [0.25, 0.3) is 0 Å². The molecule has 2 aromatic rings. The third-order valence-corrected chi connectivity index (χ3v) is 2.68. The molecule has 0 heterocycles. The van der Waals surface area contributed by atoms with Crippen LogP contribution >= 0.6 is 11.6 Å². The number of nitrogens with two attached hydrogens (primary N) is 1. The second-order valence-corrected chi connectivity index (χ2v) is 4.14. The number of benzene rings is 2. The first-order valence-corrected chi connectivity index (χ1v) is 5.63. The zero-order valence-corrected chi connectivity index (χ0v) is 10.5. The average molecular weight is 267 g/mol.